The third-order valence-corrected chi connectivity index (χ3v) is 6.45. The van der Waals surface area contributed by atoms with Crippen molar-refractivity contribution >= 4 is 6.41 Å². The Bertz CT molecular complexity index is 359. The number of piperidine rings is 2. The number of likely N-dealkylation sites (tertiary alicyclic amines) is 2. The van der Waals surface area contributed by atoms with Gasteiger partial charge in [0.15, 0.2) is 0 Å². The largest absolute Gasteiger partial charge is 0.342 e. The van der Waals surface area contributed by atoms with E-state index in [0.717, 1.165) is 36.8 Å². The van der Waals surface area contributed by atoms with Crippen molar-refractivity contribution in [1.29, 1.82) is 0 Å². The van der Waals surface area contributed by atoms with Crippen LogP contribution in [0, 0.1) is 17.8 Å². The van der Waals surface area contributed by atoms with Gasteiger partial charge in [-0.1, -0.05) is 6.92 Å². The highest BCUT2D eigenvalue weighted by Gasteiger charge is 2.41. The summed E-state index contributed by atoms with van der Waals surface area (Å²) in [5.41, 5.74) is 0. The van der Waals surface area contributed by atoms with E-state index in [-0.39, 0.29) is 0 Å². The summed E-state index contributed by atoms with van der Waals surface area (Å²) in [6, 6.07) is 1.33. The third kappa shape index (κ3) is 3.28. The van der Waals surface area contributed by atoms with Crippen LogP contribution >= 0.6 is 0 Å². The van der Waals surface area contributed by atoms with Crippen molar-refractivity contribution in [1.82, 2.24) is 9.80 Å². The summed E-state index contributed by atoms with van der Waals surface area (Å²) in [5, 5.41) is 0. The van der Waals surface area contributed by atoms with Gasteiger partial charge >= 0.3 is 0 Å². The van der Waals surface area contributed by atoms with Crippen LogP contribution in [0.2, 0.25) is 0 Å². The van der Waals surface area contributed by atoms with Gasteiger partial charge in [-0.2, -0.15) is 0 Å². The fraction of sp³-hybridized carbons (Fsp3) is 0.944. The Kier molecular flexibility index (Phi) is 4.88. The molecule has 3 nitrogen and oxygen atoms in total. The summed E-state index contributed by atoms with van der Waals surface area (Å²) < 4.78 is 0. The number of carbonyl (C=O) groups excluding carboxylic acids is 1. The molecule has 5 atom stereocenters. The third-order valence-electron chi connectivity index (χ3n) is 6.45. The van der Waals surface area contributed by atoms with E-state index in [1.54, 1.807) is 0 Å². The number of hydrogen-bond acceptors (Lipinski definition) is 2. The molecular weight excluding hydrogens is 260 g/mol. The molecule has 2 heterocycles. The molecule has 0 aromatic rings. The molecule has 21 heavy (non-hydrogen) atoms. The van der Waals surface area contributed by atoms with Crippen molar-refractivity contribution in [3.63, 3.8) is 0 Å². The first kappa shape index (κ1) is 15.3. The lowest BCUT2D eigenvalue weighted by atomic mass is 9.65. The molecule has 0 spiro atoms. The highest BCUT2D eigenvalue weighted by molar-refractivity contribution is 5.47. The van der Waals surface area contributed by atoms with E-state index in [2.05, 4.69) is 23.8 Å². The maximum absolute atomic E-state index is 11.3. The van der Waals surface area contributed by atoms with E-state index < -0.39 is 0 Å². The average molecular weight is 292 g/mol. The highest BCUT2D eigenvalue weighted by atomic mass is 16.1. The Hall–Kier alpha value is -0.570. The van der Waals surface area contributed by atoms with Crippen LogP contribution in [0.5, 0.6) is 0 Å². The monoisotopic (exact) mass is 292 g/mol. The molecular formula is C18H32N2O. The van der Waals surface area contributed by atoms with Gasteiger partial charge in [-0.3, -0.25) is 4.79 Å². The molecule has 3 fully saturated rings. The number of amides is 1. The summed E-state index contributed by atoms with van der Waals surface area (Å²) in [6.45, 7) is 4.71. The standard InChI is InChI=1S/C18H32N2O/c1-14-10-15(12-16-6-3-4-9-20(16)13-21)17-7-5-8-19(2)18(17)11-14/h13-18H,3-12H2,1-2H3/t14-,15+,16+,17-,18-/m1/s1. The second-order valence-electron chi connectivity index (χ2n) is 7.92. The van der Waals surface area contributed by atoms with Crippen molar-refractivity contribution in [3.8, 4) is 0 Å². The topological polar surface area (TPSA) is 23.6 Å². The zero-order valence-electron chi connectivity index (χ0n) is 13.8. The molecule has 0 N–H and O–H groups in total. The lowest BCUT2D eigenvalue weighted by Gasteiger charge is -2.50. The smallest absolute Gasteiger partial charge is 0.209 e. The molecule has 1 saturated carbocycles. The quantitative estimate of drug-likeness (QED) is 0.746. The molecule has 3 aliphatic rings. The maximum atomic E-state index is 11.3. The fourth-order valence-electron chi connectivity index (χ4n) is 5.40. The summed E-state index contributed by atoms with van der Waals surface area (Å²) in [6.07, 6.45) is 11.7. The normalized spacial score (nSPS) is 41.6. The minimum absolute atomic E-state index is 0.527. The van der Waals surface area contributed by atoms with Crippen LogP contribution in [0.3, 0.4) is 0 Å². The predicted molar refractivity (Wildman–Crippen MR) is 86.1 cm³/mol. The molecule has 1 amide bonds. The number of hydrogen-bond donors (Lipinski definition) is 0. The van der Waals surface area contributed by atoms with E-state index >= 15 is 0 Å². The van der Waals surface area contributed by atoms with E-state index in [0.29, 0.717) is 6.04 Å². The van der Waals surface area contributed by atoms with Gasteiger partial charge in [0, 0.05) is 18.6 Å². The Balaban J connectivity index is 1.68. The molecule has 0 radical (unpaired) electrons. The highest BCUT2D eigenvalue weighted by Crippen LogP contribution is 2.44. The first-order valence-electron chi connectivity index (χ1n) is 9.10. The summed E-state index contributed by atoms with van der Waals surface area (Å²) in [7, 11) is 2.32. The Morgan fingerprint density at radius 2 is 1.95 bits per heavy atom. The van der Waals surface area contributed by atoms with Crippen LogP contribution in [0.15, 0.2) is 0 Å². The van der Waals surface area contributed by atoms with Crippen molar-refractivity contribution in [2.24, 2.45) is 17.8 Å². The van der Waals surface area contributed by atoms with Crippen LogP contribution < -0.4 is 0 Å². The zero-order valence-corrected chi connectivity index (χ0v) is 13.8. The first-order chi connectivity index (χ1) is 10.2. The van der Waals surface area contributed by atoms with Gasteiger partial charge in [0.25, 0.3) is 0 Å². The van der Waals surface area contributed by atoms with Crippen LogP contribution in [0.4, 0.5) is 0 Å². The number of rotatable bonds is 3. The van der Waals surface area contributed by atoms with Crippen molar-refractivity contribution < 1.29 is 4.79 Å². The van der Waals surface area contributed by atoms with Gasteiger partial charge < -0.3 is 9.80 Å². The van der Waals surface area contributed by atoms with Crippen molar-refractivity contribution in [3.05, 3.63) is 0 Å². The molecule has 3 heteroatoms. The van der Waals surface area contributed by atoms with Crippen molar-refractivity contribution in [2.45, 2.75) is 70.4 Å². The van der Waals surface area contributed by atoms with Crippen LogP contribution in [-0.4, -0.2) is 48.4 Å². The zero-order chi connectivity index (χ0) is 14.8. The summed E-state index contributed by atoms with van der Waals surface area (Å²) in [4.78, 5) is 16.1. The second kappa shape index (κ2) is 6.68. The summed E-state index contributed by atoms with van der Waals surface area (Å²) >= 11 is 0. The summed E-state index contributed by atoms with van der Waals surface area (Å²) in [5.74, 6) is 2.58. The SMILES string of the molecule is C[C@@H]1C[C@@H](C[C@@H]2CCCCN2C=O)[C@H]2CCCN(C)[C@@H]2C1. The van der Waals surface area contributed by atoms with Gasteiger partial charge in [0.05, 0.1) is 0 Å². The Labute approximate surface area is 130 Å². The van der Waals surface area contributed by atoms with Gasteiger partial charge in [-0.25, -0.2) is 0 Å². The minimum atomic E-state index is 0.527. The van der Waals surface area contributed by atoms with E-state index in [4.69, 9.17) is 0 Å². The fourth-order valence-corrected chi connectivity index (χ4v) is 5.40. The average Bonchev–Trinajstić information content (AvgIpc) is 2.49. The second-order valence-corrected chi connectivity index (χ2v) is 7.92. The van der Waals surface area contributed by atoms with E-state index in [1.807, 2.05) is 0 Å². The number of nitrogens with zero attached hydrogens (tertiary/aromatic N) is 2. The molecule has 2 saturated heterocycles. The van der Waals surface area contributed by atoms with Crippen LogP contribution in [0.1, 0.15) is 58.3 Å². The molecule has 0 aromatic heterocycles. The first-order valence-corrected chi connectivity index (χ1v) is 9.10. The molecule has 0 aromatic carbocycles. The molecule has 0 unspecified atom stereocenters. The van der Waals surface area contributed by atoms with Gasteiger partial charge in [0.1, 0.15) is 0 Å². The van der Waals surface area contributed by atoms with Gasteiger partial charge in [-0.05, 0) is 82.7 Å². The Morgan fingerprint density at radius 3 is 2.76 bits per heavy atom. The van der Waals surface area contributed by atoms with Crippen LogP contribution in [0.25, 0.3) is 0 Å². The molecule has 3 rings (SSSR count). The minimum Gasteiger partial charge on any atom is -0.342 e. The van der Waals surface area contributed by atoms with Crippen molar-refractivity contribution in [2.75, 3.05) is 20.1 Å². The van der Waals surface area contributed by atoms with Gasteiger partial charge in [-0.15, -0.1) is 0 Å². The molecule has 1 aliphatic carbocycles. The maximum Gasteiger partial charge on any atom is 0.209 e. The lowest BCUT2D eigenvalue weighted by molar-refractivity contribution is -0.122. The molecule has 0 bridgehead atoms. The number of fused-ring (bicyclic) bond motifs is 1. The Morgan fingerprint density at radius 1 is 1.10 bits per heavy atom. The van der Waals surface area contributed by atoms with Gasteiger partial charge in [0.2, 0.25) is 6.41 Å². The van der Waals surface area contributed by atoms with Crippen LogP contribution in [-0.2, 0) is 4.79 Å². The predicted octanol–water partition coefficient (Wildman–Crippen LogP) is 3.14. The van der Waals surface area contributed by atoms with E-state index in [9.17, 15) is 4.79 Å². The lowest BCUT2D eigenvalue weighted by Crippen LogP contribution is -2.51. The van der Waals surface area contributed by atoms with E-state index in [1.165, 1.54) is 57.9 Å². The number of carbonyl (C=O) groups is 1. The molecule has 120 valence electrons. The molecule has 2 aliphatic heterocycles.